The Kier molecular flexibility index (Phi) is 3.59. The second-order valence-corrected chi connectivity index (χ2v) is 6.37. The Labute approximate surface area is 127 Å². The van der Waals surface area contributed by atoms with Gasteiger partial charge in [-0.15, -0.1) is 0 Å². The average Bonchev–Trinajstić information content (AvgIpc) is 2.90. The van der Waals surface area contributed by atoms with Crippen LogP contribution in [0.15, 0.2) is 54.7 Å². The molecule has 0 atom stereocenters. The summed E-state index contributed by atoms with van der Waals surface area (Å²) in [5.41, 5.74) is 5.41. The van der Waals surface area contributed by atoms with Crippen LogP contribution in [0.4, 0.5) is 0 Å². The second-order valence-electron chi connectivity index (χ2n) is 6.37. The first-order valence-electron chi connectivity index (χ1n) is 7.78. The van der Waals surface area contributed by atoms with Gasteiger partial charge in [0, 0.05) is 17.3 Å². The number of aromatic nitrogens is 1. The molecule has 1 heteroatoms. The topological polar surface area (TPSA) is 4.93 Å². The molecule has 0 aliphatic rings. The number of nitrogens with zero attached hydrogens (tertiary/aromatic N) is 1. The highest BCUT2D eigenvalue weighted by atomic mass is 15.0. The summed E-state index contributed by atoms with van der Waals surface area (Å²) in [7, 11) is 0. The number of rotatable bonds is 3. The lowest BCUT2D eigenvalue weighted by Crippen LogP contribution is -1.97. The molecule has 108 valence electrons. The number of hydrogen-bond donors (Lipinski definition) is 0. The Morgan fingerprint density at radius 1 is 0.810 bits per heavy atom. The van der Waals surface area contributed by atoms with E-state index in [-0.39, 0.29) is 0 Å². The fraction of sp³-hybridized carbons (Fsp3) is 0.300. The van der Waals surface area contributed by atoms with Gasteiger partial charge in [0.25, 0.3) is 0 Å². The molecule has 21 heavy (non-hydrogen) atoms. The Bertz CT molecular complexity index is 748. The normalized spacial score (nSPS) is 11.7. The summed E-state index contributed by atoms with van der Waals surface area (Å²) in [5, 5.41) is 1.37. The first-order chi connectivity index (χ1) is 10.1. The van der Waals surface area contributed by atoms with Crippen molar-refractivity contribution in [2.24, 2.45) is 0 Å². The van der Waals surface area contributed by atoms with Crippen molar-refractivity contribution in [1.82, 2.24) is 4.57 Å². The van der Waals surface area contributed by atoms with Crippen molar-refractivity contribution in [3.05, 3.63) is 65.9 Å². The Morgan fingerprint density at radius 2 is 1.52 bits per heavy atom. The van der Waals surface area contributed by atoms with Crippen molar-refractivity contribution >= 4 is 10.9 Å². The predicted molar refractivity (Wildman–Crippen MR) is 91.5 cm³/mol. The summed E-state index contributed by atoms with van der Waals surface area (Å²) in [6.07, 6.45) is 2.19. The van der Waals surface area contributed by atoms with Gasteiger partial charge in [-0.25, -0.2) is 0 Å². The molecule has 3 aromatic rings. The average molecular weight is 277 g/mol. The van der Waals surface area contributed by atoms with Crippen molar-refractivity contribution in [2.75, 3.05) is 0 Å². The maximum absolute atomic E-state index is 2.38. The van der Waals surface area contributed by atoms with Crippen LogP contribution in [0.25, 0.3) is 16.6 Å². The van der Waals surface area contributed by atoms with Crippen LogP contribution in [0.1, 0.15) is 50.7 Å². The number of para-hydroxylation sites is 1. The number of fused-ring (bicyclic) bond motifs is 1. The fourth-order valence-corrected chi connectivity index (χ4v) is 2.92. The first-order valence-corrected chi connectivity index (χ1v) is 7.78. The van der Waals surface area contributed by atoms with E-state index < -0.39 is 0 Å². The van der Waals surface area contributed by atoms with Gasteiger partial charge in [-0.1, -0.05) is 52.0 Å². The maximum Gasteiger partial charge on any atom is 0.0534 e. The summed E-state index contributed by atoms with van der Waals surface area (Å²) in [6.45, 7) is 9.08. The van der Waals surface area contributed by atoms with Crippen LogP contribution < -0.4 is 0 Å². The van der Waals surface area contributed by atoms with Crippen molar-refractivity contribution in [3.63, 3.8) is 0 Å². The molecular formula is C20H23N. The van der Waals surface area contributed by atoms with E-state index in [2.05, 4.69) is 87.0 Å². The van der Waals surface area contributed by atoms with Gasteiger partial charge in [0.15, 0.2) is 0 Å². The van der Waals surface area contributed by atoms with Gasteiger partial charge in [0.1, 0.15) is 0 Å². The second kappa shape index (κ2) is 5.40. The van der Waals surface area contributed by atoms with Crippen LogP contribution in [-0.4, -0.2) is 4.57 Å². The van der Waals surface area contributed by atoms with E-state index in [1.165, 1.54) is 27.7 Å². The van der Waals surface area contributed by atoms with Crippen LogP contribution in [0.2, 0.25) is 0 Å². The zero-order chi connectivity index (χ0) is 15.0. The zero-order valence-electron chi connectivity index (χ0n) is 13.3. The molecule has 0 aliphatic carbocycles. The third-order valence-corrected chi connectivity index (χ3v) is 4.19. The molecule has 0 aliphatic heterocycles. The molecule has 3 rings (SSSR count). The standard InChI is InChI=1S/C20H23N/c1-14(2)16-12-19(15(3)4)18-10-11-21(20(18)13-16)17-8-6-5-7-9-17/h5-15H,1-4H3. The molecule has 0 spiro atoms. The zero-order valence-corrected chi connectivity index (χ0v) is 13.3. The lowest BCUT2D eigenvalue weighted by Gasteiger charge is -2.15. The van der Waals surface area contributed by atoms with E-state index in [9.17, 15) is 0 Å². The molecule has 0 fully saturated rings. The van der Waals surface area contributed by atoms with Crippen LogP contribution in [0.3, 0.4) is 0 Å². The third kappa shape index (κ3) is 2.49. The van der Waals surface area contributed by atoms with Gasteiger partial charge < -0.3 is 4.57 Å². The SMILES string of the molecule is CC(C)c1cc(C(C)C)c2ccn(-c3ccccc3)c2c1. The van der Waals surface area contributed by atoms with Crippen LogP contribution in [0.5, 0.6) is 0 Å². The van der Waals surface area contributed by atoms with Crippen LogP contribution in [0, 0.1) is 0 Å². The van der Waals surface area contributed by atoms with E-state index in [0.29, 0.717) is 11.8 Å². The van der Waals surface area contributed by atoms with Gasteiger partial charge in [-0.05, 0) is 47.2 Å². The molecule has 0 bridgehead atoms. The first kappa shape index (κ1) is 13.9. The highest BCUT2D eigenvalue weighted by Crippen LogP contribution is 2.32. The summed E-state index contributed by atoms with van der Waals surface area (Å²) in [5.74, 6) is 1.09. The van der Waals surface area contributed by atoms with Gasteiger partial charge in [0.05, 0.1) is 5.52 Å². The highest BCUT2D eigenvalue weighted by molar-refractivity contribution is 5.86. The van der Waals surface area contributed by atoms with Crippen LogP contribution in [-0.2, 0) is 0 Å². The monoisotopic (exact) mass is 277 g/mol. The minimum Gasteiger partial charge on any atom is -0.317 e. The van der Waals surface area contributed by atoms with Gasteiger partial charge in [-0.2, -0.15) is 0 Å². The molecule has 2 aromatic carbocycles. The van der Waals surface area contributed by atoms with Gasteiger partial charge in [-0.3, -0.25) is 0 Å². The Morgan fingerprint density at radius 3 is 2.14 bits per heavy atom. The van der Waals surface area contributed by atoms with Gasteiger partial charge in [0.2, 0.25) is 0 Å². The quantitative estimate of drug-likeness (QED) is 0.563. The highest BCUT2D eigenvalue weighted by Gasteiger charge is 2.13. The molecule has 0 unspecified atom stereocenters. The van der Waals surface area contributed by atoms with Crippen molar-refractivity contribution in [1.29, 1.82) is 0 Å². The van der Waals surface area contributed by atoms with E-state index in [1.807, 2.05) is 0 Å². The fourth-order valence-electron chi connectivity index (χ4n) is 2.92. The van der Waals surface area contributed by atoms with Gasteiger partial charge >= 0.3 is 0 Å². The molecule has 1 nitrogen and oxygen atoms in total. The smallest absolute Gasteiger partial charge is 0.0534 e. The van der Waals surface area contributed by atoms with Crippen molar-refractivity contribution in [2.45, 2.75) is 39.5 Å². The van der Waals surface area contributed by atoms with Crippen molar-refractivity contribution < 1.29 is 0 Å². The van der Waals surface area contributed by atoms with E-state index >= 15 is 0 Å². The third-order valence-electron chi connectivity index (χ3n) is 4.19. The largest absolute Gasteiger partial charge is 0.317 e. The summed E-state index contributed by atoms with van der Waals surface area (Å²) >= 11 is 0. The summed E-state index contributed by atoms with van der Waals surface area (Å²) in [6, 6.07) is 17.6. The molecule has 0 saturated carbocycles. The molecular weight excluding hydrogens is 254 g/mol. The van der Waals surface area contributed by atoms with E-state index in [0.717, 1.165) is 0 Å². The molecule has 1 aromatic heterocycles. The molecule has 0 N–H and O–H groups in total. The summed E-state index contributed by atoms with van der Waals surface area (Å²) in [4.78, 5) is 0. The number of benzene rings is 2. The number of hydrogen-bond acceptors (Lipinski definition) is 0. The lowest BCUT2D eigenvalue weighted by atomic mass is 9.93. The maximum atomic E-state index is 2.38. The Hall–Kier alpha value is -2.02. The minimum atomic E-state index is 0.540. The van der Waals surface area contributed by atoms with Crippen LogP contribution >= 0.6 is 0 Å². The predicted octanol–water partition coefficient (Wildman–Crippen LogP) is 5.88. The minimum absolute atomic E-state index is 0.540. The summed E-state index contributed by atoms with van der Waals surface area (Å²) < 4.78 is 2.30. The van der Waals surface area contributed by atoms with Crippen molar-refractivity contribution in [3.8, 4) is 5.69 Å². The Balaban J connectivity index is 2.29. The molecule has 1 heterocycles. The molecule has 0 radical (unpaired) electrons. The molecule has 0 amide bonds. The molecule has 0 saturated heterocycles. The van der Waals surface area contributed by atoms with E-state index in [1.54, 1.807) is 0 Å². The lowest BCUT2D eigenvalue weighted by molar-refractivity contribution is 0.841. The van der Waals surface area contributed by atoms with E-state index in [4.69, 9.17) is 0 Å².